The number of fused-ring (bicyclic) bond motifs is 1. The van der Waals surface area contributed by atoms with Gasteiger partial charge in [-0.2, -0.15) is 18.3 Å². The Hall–Kier alpha value is -1.63. The fourth-order valence-electron chi connectivity index (χ4n) is 5.39. The van der Waals surface area contributed by atoms with E-state index in [1.807, 2.05) is 10.6 Å². The van der Waals surface area contributed by atoms with E-state index in [0.29, 0.717) is 12.8 Å². The van der Waals surface area contributed by atoms with Crippen molar-refractivity contribution in [2.24, 2.45) is 5.92 Å². The van der Waals surface area contributed by atoms with Gasteiger partial charge in [0.25, 0.3) is 0 Å². The van der Waals surface area contributed by atoms with Gasteiger partial charge in [-0.3, -0.25) is 0 Å². The van der Waals surface area contributed by atoms with Crippen molar-refractivity contribution in [2.75, 3.05) is 13.1 Å². The number of piperidine rings is 1. The van der Waals surface area contributed by atoms with Gasteiger partial charge in [-0.1, -0.05) is 13.8 Å². The molecule has 4 rings (SSSR count). The minimum Gasteiger partial charge on any atom is -0.316 e. The predicted molar refractivity (Wildman–Crippen MR) is 107 cm³/mol. The van der Waals surface area contributed by atoms with E-state index in [2.05, 4.69) is 26.1 Å². The third-order valence-electron chi connectivity index (χ3n) is 7.06. The molecule has 0 aromatic carbocycles. The highest BCUT2D eigenvalue weighted by Crippen LogP contribution is 2.43. The van der Waals surface area contributed by atoms with Crippen LogP contribution in [0.4, 0.5) is 13.2 Å². The van der Waals surface area contributed by atoms with Crippen LogP contribution in [0.3, 0.4) is 0 Å². The maximum atomic E-state index is 13.0. The molecule has 0 radical (unpaired) electrons. The normalized spacial score (nSPS) is 28.8. The van der Waals surface area contributed by atoms with Crippen molar-refractivity contribution in [1.29, 1.82) is 0 Å². The van der Waals surface area contributed by atoms with Crippen molar-refractivity contribution in [2.45, 2.75) is 83.2 Å². The van der Waals surface area contributed by atoms with E-state index in [1.54, 1.807) is 0 Å². The summed E-state index contributed by atoms with van der Waals surface area (Å²) in [7, 11) is 0. The molecule has 2 aromatic rings. The Morgan fingerprint density at radius 2 is 1.97 bits per heavy atom. The van der Waals surface area contributed by atoms with E-state index in [9.17, 15) is 13.2 Å². The second-order valence-corrected chi connectivity index (χ2v) is 9.15. The van der Waals surface area contributed by atoms with E-state index in [-0.39, 0.29) is 24.2 Å². The molecule has 0 amide bonds. The number of nitrogens with one attached hydrogen (secondary N) is 1. The molecule has 7 heteroatoms. The van der Waals surface area contributed by atoms with Gasteiger partial charge in [0, 0.05) is 29.6 Å². The van der Waals surface area contributed by atoms with Gasteiger partial charge in [-0.05, 0) is 64.0 Å². The minimum absolute atomic E-state index is 0.0211. The predicted octanol–water partition coefficient (Wildman–Crippen LogP) is 5.08. The summed E-state index contributed by atoms with van der Waals surface area (Å²) < 4.78 is 41.1. The third kappa shape index (κ3) is 3.78. The first-order valence-corrected chi connectivity index (χ1v) is 10.9. The summed E-state index contributed by atoms with van der Waals surface area (Å²) >= 11 is 0. The number of aryl methyl sites for hydroxylation is 1. The maximum absolute atomic E-state index is 13.0. The van der Waals surface area contributed by atoms with Crippen LogP contribution in [-0.4, -0.2) is 33.9 Å². The molecule has 1 saturated carbocycles. The Morgan fingerprint density at radius 3 is 2.55 bits per heavy atom. The lowest BCUT2D eigenvalue weighted by Gasteiger charge is -2.36. The molecule has 1 atom stereocenters. The summed E-state index contributed by atoms with van der Waals surface area (Å²) in [6.07, 6.45) is 0.519. The molecule has 29 heavy (non-hydrogen) atoms. The first kappa shape index (κ1) is 20.6. The molecule has 1 N–H and O–H groups in total. The highest BCUT2D eigenvalue weighted by atomic mass is 19.4. The van der Waals surface area contributed by atoms with Crippen molar-refractivity contribution in [1.82, 2.24) is 19.9 Å². The molecular formula is C22H31F3N4. The van der Waals surface area contributed by atoms with E-state index < -0.39 is 12.1 Å². The zero-order valence-electron chi connectivity index (χ0n) is 17.6. The van der Waals surface area contributed by atoms with Crippen molar-refractivity contribution in [3.63, 3.8) is 0 Å². The van der Waals surface area contributed by atoms with E-state index in [1.165, 1.54) is 11.3 Å². The summed E-state index contributed by atoms with van der Waals surface area (Å²) in [4.78, 5) is 4.80. The van der Waals surface area contributed by atoms with Crippen LogP contribution in [0.1, 0.15) is 80.9 Å². The van der Waals surface area contributed by atoms with Crippen molar-refractivity contribution >= 4 is 5.65 Å². The summed E-state index contributed by atoms with van der Waals surface area (Å²) in [5.74, 6) is -1.07. The van der Waals surface area contributed by atoms with Crippen molar-refractivity contribution < 1.29 is 13.2 Å². The fraction of sp³-hybridized carbons (Fsp3) is 0.727. The standard InChI is InChI=1S/C22H31F3N4/c1-4-17-14(2)27-19-12-18(15-6-8-16(9-7-15)22(23,24)25)28-29(19)20(17)21(3)10-5-11-26-13-21/h12,15-16,26H,4-11,13H2,1-3H3/t15-,16-,21-/m1/s1. The monoisotopic (exact) mass is 408 g/mol. The first-order chi connectivity index (χ1) is 13.7. The lowest BCUT2D eigenvalue weighted by molar-refractivity contribution is -0.182. The Bertz CT molecular complexity index is 872. The van der Waals surface area contributed by atoms with Crippen LogP contribution in [0, 0.1) is 12.8 Å². The smallest absolute Gasteiger partial charge is 0.316 e. The lowest BCUT2D eigenvalue weighted by Crippen LogP contribution is -2.43. The second-order valence-electron chi connectivity index (χ2n) is 9.15. The number of rotatable bonds is 3. The molecule has 1 saturated heterocycles. The van der Waals surface area contributed by atoms with Crippen LogP contribution < -0.4 is 5.32 Å². The Labute approximate surface area is 170 Å². The summed E-state index contributed by atoms with van der Waals surface area (Å²) in [5, 5.41) is 8.47. The molecule has 1 aliphatic heterocycles. The van der Waals surface area contributed by atoms with Crippen LogP contribution in [-0.2, 0) is 11.8 Å². The van der Waals surface area contributed by atoms with Gasteiger partial charge in [-0.15, -0.1) is 0 Å². The Morgan fingerprint density at radius 1 is 1.24 bits per heavy atom. The van der Waals surface area contributed by atoms with Crippen LogP contribution in [0.5, 0.6) is 0 Å². The number of nitrogens with zero attached hydrogens (tertiary/aromatic N) is 3. The number of hydrogen-bond acceptors (Lipinski definition) is 3. The van der Waals surface area contributed by atoms with Crippen LogP contribution in [0.15, 0.2) is 6.07 Å². The van der Waals surface area contributed by atoms with Gasteiger partial charge in [0.2, 0.25) is 0 Å². The molecule has 0 unspecified atom stereocenters. The molecule has 3 heterocycles. The number of halogens is 3. The van der Waals surface area contributed by atoms with Gasteiger partial charge >= 0.3 is 6.18 Å². The van der Waals surface area contributed by atoms with Gasteiger partial charge in [-0.25, -0.2) is 9.50 Å². The highest BCUT2D eigenvalue weighted by molar-refractivity contribution is 5.47. The van der Waals surface area contributed by atoms with Crippen LogP contribution >= 0.6 is 0 Å². The summed E-state index contributed by atoms with van der Waals surface area (Å²) in [6, 6.07) is 2.01. The van der Waals surface area contributed by atoms with Gasteiger partial charge in [0.1, 0.15) is 0 Å². The highest BCUT2D eigenvalue weighted by Gasteiger charge is 2.42. The van der Waals surface area contributed by atoms with Crippen molar-refractivity contribution in [3.05, 3.63) is 28.7 Å². The zero-order valence-corrected chi connectivity index (χ0v) is 17.6. The Kier molecular flexibility index (Phi) is 5.38. The number of hydrogen-bond donors (Lipinski definition) is 1. The summed E-state index contributed by atoms with van der Waals surface area (Å²) in [5.41, 5.74) is 5.22. The average molecular weight is 409 g/mol. The van der Waals surface area contributed by atoms with Crippen molar-refractivity contribution in [3.8, 4) is 0 Å². The quantitative estimate of drug-likeness (QED) is 0.770. The van der Waals surface area contributed by atoms with Crippen LogP contribution in [0.25, 0.3) is 5.65 Å². The third-order valence-corrected chi connectivity index (χ3v) is 7.06. The molecule has 0 spiro atoms. The minimum atomic E-state index is -4.08. The van der Waals surface area contributed by atoms with Gasteiger partial charge in [0.05, 0.1) is 17.3 Å². The second kappa shape index (κ2) is 7.56. The molecule has 1 aliphatic carbocycles. The molecule has 2 aromatic heterocycles. The molecule has 0 bridgehead atoms. The largest absolute Gasteiger partial charge is 0.391 e. The zero-order chi connectivity index (χ0) is 20.8. The molecule has 2 fully saturated rings. The number of aromatic nitrogens is 3. The van der Waals surface area contributed by atoms with Gasteiger partial charge < -0.3 is 5.32 Å². The number of alkyl halides is 3. The average Bonchev–Trinajstić information content (AvgIpc) is 3.10. The topological polar surface area (TPSA) is 42.2 Å². The summed E-state index contributed by atoms with van der Waals surface area (Å²) in [6.45, 7) is 8.45. The lowest BCUT2D eigenvalue weighted by atomic mass is 9.77. The first-order valence-electron chi connectivity index (χ1n) is 10.9. The SMILES string of the molecule is CCc1c(C)nc2cc([C@H]3CC[C@H](C(F)(F)F)CC3)nn2c1[C@]1(C)CCCNC1. The van der Waals surface area contributed by atoms with E-state index >= 15 is 0 Å². The molecule has 4 nitrogen and oxygen atoms in total. The van der Waals surface area contributed by atoms with E-state index in [0.717, 1.165) is 49.4 Å². The molecule has 2 aliphatic rings. The van der Waals surface area contributed by atoms with Gasteiger partial charge in [0.15, 0.2) is 5.65 Å². The molecule has 160 valence electrons. The Balaban J connectivity index is 1.72. The van der Waals surface area contributed by atoms with E-state index in [4.69, 9.17) is 10.1 Å². The molecular weight excluding hydrogens is 377 g/mol. The van der Waals surface area contributed by atoms with Crippen LogP contribution in [0.2, 0.25) is 0 Å². The maximum Gasteiger partial charge on any atom is 0.391 e. The fourth-order valence-corrected chi connectivity index (χ4v) is 5.39.